The smallest absolute Gasteiger partial charge is 0.253 e. The molecule has 47 heavy (non-hydrogen) atoms. The molecule has 9 heteroatoms. The third kappa shape index (κ3) is 5.62. The molecule has 6 rings (SSSR count). The number of anilines is 1. The Hall–Kier alpha value is -3.79. The van der Waals surface area contributed by atoms with E-state index in [0.717, 1.165) is 16.3 Å². The molecule has 3 saturated heterocycles. The van der Waals surface area contributed by atoms with E-state index in [1.807, 2.05) is 86.6 Å². The first-order valence-corrected chi connectivity index (χ1v) is 17.2. The summed E-state index contributed by atoms with van der Waals surface area (Å²) in [6.45, 7) is 12.2. The number of carbonyl (C=O) groups is 3. The lowest BCUT2D eigenvalue weighted by atomic mass is 9.70. The molecule has 1 spiro atoms. The number of nitrogens with zero attached hydrogens (tertiary/aromatic N) is 3. The van der Waals surface area contributed by atoms with Crippen LogP contribution in [0.3, 0.4) is 0 Å². The highest BCUT2D eigenvalue weighted by Gasteiger charge is 2.77. The van der Waals surface area contributed by atoms with Crippen LogP contribution in [0.1, 0.15) is 25.8 Å². The second-order valence-electron chi connectivity index (χ2n) is 13.2. The Morgan fingerprint density at radius 1 is 1.02 bits per heavy atom. The van der Waals surface area contributed by atoms with Crippen LogP contribution >= 0.6 is 15.9 Å². The van der Waals surface area contributed by atoms with E-state index in [-0.39, 0.29) is 41.6 Å². The first kappa shape index (κ1) is 33.1. The number of fused-ring (bicyclic) bond motifs is 2. The van der Waals surface area contributed by atoms with E-state index in [0.29, 0.717) is 25.2 Å². The Kier molecular flexibility index (Phi) is 9.43. The molecular formula is C38H42BrN3O5. The fourth-order valence-corrected chi connectivity index (χ4v) is 8.90. The van der Waals surface area contributed by atoms with Crippen molar-refractivity contribution in [2.45, 2.75) is 55.4 Å². The van der Waals surface area contributed by atoms with Gasteiger partial charge in [-0.3, -0.25) is 14.4 Å². The summed E-state index contributed by atoms with van der Waals surface area (Å²) in [6, 6.07) is 21.7. The Morgan fingerprint density at radius 2 is 1.70 bits per heavy atom. The number of hydrogen-bond donors (Lipinski definition) is 1. The third-order valence-corrected chi connectivity index (χ3v) is 10.9. The summed E-state index contributed by atoms with van der Waals surface area (Å²) in [4.78, 5) is 49.0. The molecule has 0 aromatic heterocycles. The van der Waals surface area contributed by atoms with E-state index in [2.05, 4.69) is 29.1 Å². The zero-order valence-corrected chi connectivity index (χ0v) is 28.5. The van der Waals surface area contributed by atoms with Gasteiger partial charge in [-0.25, -0.2) is 0 Å². The van der Waals surface area contributed by atoms with E-state index in [4.69, 9.17) is 4.74 Å². The highest BCUT2D eigenvalue weighted by Crippen LogP contribution is 2.61. The van der Waals surface area contributed by atoms with Crippen molar-refractivity contribution >= 4 is 50.1 Å². The number of benzene rings is 3. The maximum Gasteiger partial charge on any atom is 0.253 e. The van der Waals surface area contributed by atoms with Crippen LogP contribution in [0.25, 0.3) is 10.8 Å². The van der Waals surface area contributed by atoms with Crippen LogP contribution in [0.15, 0.2) is 98.1 Å². The van der Waals surface area contributed by atoms with Gasteiger partial charge in [0.05, 0.1) is 30.6 Å². The number of likely N-dealkylation sites (tertiary alicyclic amines) is 1. The minimum Gasteiger partial charge on any atom is -0.394 e. The number of amides is 3. The average molecular weight is 701 g/mol. The zero-order chi connectivity index (χ0) is 33.5. The van der Waals surface area contributed by atoms with Gasteiger partial charge in [-0.1, -0.05) is 103 Å². The predicted molar refractivity (Wildman–Crippen MR) is 187 cm³/mol. The van der Waals surface area contributed by atoms with Crippen LogP contribution < -0.4 is 4.90 Å². The van der Waals surface area contributed by atoms with Gasteiger partial charge in [0.2, 0.25) is 11.8 Å². The van der Waals surface area contributed by atoms with Crippen LogP contribution in [0.2, 0.25) is 0 Å². The molecule has 3 aliphatic rings. The minimum atomic E-state index is -1.27. The molecular weight excluding hydrogens is 658 g/mol. The molecule has 3 fully saturated rings. The first-order valence-electron chi connectivity index (χ1n) is 16.3. The second kappa shape index (κ2) is 13.4. The number of rotatable bonds is 12. The molecule has 3 aliphatic heterocycles. The Labute approximate surface area is 284 Å². The Bertz CT molecular complexity index is 1680. The molecule has 7 atom stereocenters. The van der Waals surface area contributed by atoms with E-state index >= 15 is 4.79 Å². The van der Waals surface area contributed by atoms with Gasteiger partial charge >= 0.3 is 0 Å². The van der Waals surface area contributed by atoms with Crippen LogP contribution in [0.4, 0.5) is 5.69 Å². The lowest BCUT2D eigenvalue weighted by Gasteiger charge is -2.40. The normalized spacial score (nSPS) is 26.8. The fraction of sp³-hybridized carbons (Fsp3) is 0.395. The molecule has 3 aromatic carbocycles. The van der Waals surface area contributed by atoms with Crippen molar-refractivity contribution in [2.24, 2.45) is 17.8 Å². The van der Waals surface area contributed by atoms with Crippen molar-refractivity contribution in [3.63, 3.8) is 0 Å². The highest BCUT2D eigenvalue weighted by atomic mass is 79.9. The van der Waals surface area contributed by atoms with Gasteiger partial charge in [0, 0.05) is 30.1 Å². The monoisotopic (exact) mass is 699 g/mol. The largest absolute Gasteiger partial charge is 0.394 e. The molecule has 3 amide bonds. The Morgan fingerprint density at radius 3 is 2.36 bits per heavy atom. The van der Waals surface area contributed by atoms with Crippen molar-refractivity contribution in [3.05, 3.63) is 104 Å². The zero-order valence-electron chi connectivity index (χ0n) is 26.9. The molecule has 0 aliphatic carbocycles. The minimum absolute atomic E-state index is 0.163. The van der Waals surface area contributed by atoms with Gasteiger partial charge in [0.25, 0.3) is 5.91 Å². The quantitative estimate of drug-likeness (QED) is 0.204. The highest BCUT2D eigenvalue weighted by molar-refractivity contribution is 9.09. The molecule has 3 heterocycles. The second-order valence-corrected chi connectivity index (χ2v) is 14.3. The summed E-state index contributed by atoms with van der Waals surface area (Å²) in [7, 11) is 0. The number of ether oxygens (including phenoxy) is 1. The summed E-state index contributed by atoms with van der Waals surface area (Å²) in [5.74, 6) is -2.73. The van der Waals surface area contributed by atoms with Gasteiger partial charge in [-0.15, -0.1) is 13.2 Å². The van der Waals surface area contributed by atoms with Crippen LogP contribution in [-0.2, 0) is 25.7 Å². The number of alkyl halides is 1. The first-order chi connectivity index (χ1) is 22.7. The van der Waals surface area contributed by atoms with E-state index < -0.39 is 35.6 Å². The molecule has 0 radical (unpaired) electrons. The molecule has 3 unspecified atom stereocenters. The molecule has 2 bridgehead atoms. The fourth-order valence-electron chi connectivity index (χ4n) is 7.95. The van der Waals surface area contributed by atoms with E-state index in [1.54, 1.807) is 26.9 Å². The standard InChI is InChI=1S/C38H42BrN3O5/c1-5-18-40(22-25-12-8-7-9-13-25)35(44)31-32-36(45)42(30(23-43)24(3)4)34(38(32)21-29(39)33(31)47-38)37(46)41(19-6-2)28-17-16-26-14-10-11-15-27(26)20-28/h5-17,20,24,29-34,43H,1-2,18-19,21-23H2,3-4H3/t29?,30-,31-,32-,33-,34?,38?/m0/s1. The van der Waals surface area contributed by atoms with Gasteiger partial charge in [-0.2, -0.15) is 0 Å². The summed E-state index contributed by atoms with van der Waals surface area (Å²) >= 11 is 3.79. The van der Waals surface area contributed by atoms with Crippen LogP contribution in [-0.4, -0.2) is 80.9 Å². The van der Waals surface area contributed by atoms with Crippen molar-refractivity contribution in [3.8, 4) is 0 Å². The van der Waals surface area contributed by atoms with Gasteiger partial charge in [0.1, 0.15) is 11.6 Å². The summed E-state index contributed by atoms with van der Waals surface area (Å²) in [5.41, 5.74) is 0.361. The maximum absolute atomic E-state index is 15.1. The summed E-state index contributed by atoms with van der Waals surface area (Å²) in [5, 5.41) is 12.7. The number of carbonyl (C=O) groups excluding carboxylic acids is 3. The lowest BCUT2D eigenvalue weighted by molar-refractivity contribution is -0.148. The van der Waals surface area contributed by atoms with Crippen LogP contribution in [0.5, 0.6) is 0 Å². The van der Waals surface area contributed by atoms with Gasteiger partial charge in [0.15, 0.2) is 0 Å². The summed E-state index contributed by atoms with van der Waals surface area (Å²) in [6.07, 6.45) is 3.12. The molecule has 1 N–H and O–H groups in total. The van der Waals surface area contributed by atoms with E-state index in [1.165, 1.54) is 0 Å². The third-order valence-electron chi connectivity index (χ3n) is 10.1. The van der Waals surface area contributed by atoms with Crippen molar-refractivity contribution in [1.82, 2.24) is 9.80 Å². The SMILES string of the molecule is C=CCN(Cc1ccccc1)C(=O)[C@H]1[C@H]2C(=O)N([C@@H](CO)C(C)C)C(C(=O)N(CC=C)c3ccc4ccccc4c3)C23CC(Br)[C@@H]1O3. The number of halogens is 1. The average Bonchev–Trinajstić information content (AvgIpc) is 3.66. The molecule has 0 saturated carbocycles. The maximum atomic E-state index is 15.1. The predicted octanol–water partition coefficient (Wildman–Crippen LogP) is 5.34. The topological polar surface area (TPSA) is 90.4 Å². The van der Waals surface area contributed by atoms with Crippen molar-refractivity contribution in [1.29, 1.82) is 0 Å². The van der Waals surface area contributed by atoms with Gasteiger partial charge in [-0.05, 0) is 40.8 Å². The lowest BCUT2D eigenvalue weighted by Crippen LogP contribution is -2.60. The van der Waals surface area contributed by atoms with Crippen molar-refractivity contribution in [2.75, 3.05) is 24.6 Å². The van der Waals surface area contributed by atoms with Gasteiger partial charge < -0.3 is 24.5 Å². The number of aliphatic hydroxyl groups excluding tert-OH is 1. The number of hydrogen-bond acceptors (Lipinski definition) is 5. The Balaban J connectivity index is 1.44. The summed E-state index contributed by atoms with van der Waals surface area (Å²) < 4.78 is 6.81. The molecule has 246 valence electrons. The van der Waals surface area contributed by atoms with Crippen molar-refractivity contribution < 1.29 is 24.2 Å². The molecule has 8 nitrogen and oxygen atoms in total. The molecule has 3 aromatic rings. The van der Waals surface area contributed by atoms with E-state index in [9.17, 15) is 14.7 Å². The van der Waals surface area contributed by atoms with Crippen LogP contribution in [0, 0.1) is 17.8 Å². The number of aliphatic hydroxyl groups is 1.